The van der Waals surface area contributed by atoms with Crippen molar-refractivity contribution in [3.05, 3.63) is 176 Å². The summed E-state index contributed by atoms with van der Waals surface area (Å²) in [4.78, 5) is 15.8. The minimum atomic E-state index is 0.564. The lowest BCUT2D eigenvalue weighted by molar-refractivity contribution is 0.669. The third-order valence-electron chi connectivity index (χ3n) is 11.1. The van der Waals surface area contributed by atoms with Crippen LogP contribution in [0, 0.1) is 0 Å². The quantitative estimate of drug-likeness (QED) is 0.181. The van der Waals surface area contributed by atoms with Crippen LogP contribution < -0.4 is 0 Å². The fraction of sp³-hybridized carbons (Fsp3) is 0. The Morgan fingerprint density at radius 1 is 0.304 bits per heavy atom. The minimum absolute atomic E-state index is 0.564. The van der Waals surface area contributed by atoms with E-state index in [1.807, 2.05) is 30.3 Å². The van der Waals surface area contributed by atoms with Gasteiger partial charge in [0.05, 0.1) is 0 Å². The van der Waals surface area contributed by atoms with Gasteiger partial charge in [-0.1, -0.05) is 127 Å². The first-order valence-corrected chi connectivity index (χ1v) is 18.8. The molecule has 0 aliphatic rings. The molecule has 5 nitrogen and oxygen atoms in total. The first-order chi connectivity index (χ1) is 27.7. The Bertz CT molecular complexity index is 3560. The fourth-order valence-electron chi connectivity index (χ4n) is 8.37. The van der Waals surface area contributed by atoms with Crippen molar-refractivity contribution in [3.8, 4) is 45.3 Å². The van der Waals surface area contributed by atoms with Crippen molar-refractivity contribution in [1.29, 1.82) is 0 Å². The molecular formula is C51H29N3O2. The van der Waals surface area contributed by atoms with E-state index in [0.717, 1.165) is 93.2 Å². The van der Waals surface area contributed by atoms with Crippen LogP contribution in [0.25, 0.3) is 121 Å². The van der Waals surface area contributed by atoms with Gasteiger partial charge < -0.3 is 8.83 Å². The molecular weight excluding hydrogens is 687 g/mol. The van der Waals surface area contributed by atoms with Crippen molar-refractivity contribution in [2.45, 2.75) is 0 Å². The normalized spacial score (nSPS) is 11.9. The average molecular weight is 716 g/mol. The highest BCUT2D eigenvalue weighted by atomic mass is 16.3. The number of fused-ring (bicyclic) bond motifs is 9. The van der Waals surface area contributed by atoms with Gasteiger partial charge in [0, 0.05) is 43.8 Å². The molecule has 9 aromatic carbocycles. The number of hydrogen-bond acceptors (Lipinski definition) is 5. The fourth-order valence-corrected chi connectivity index (χ4v) is 8.37. The summed E-state index contributed by atoms with van der Waals surface area (Å²) in [6.07, 6.45) is 0. The van der Waals surface area contributed by atoms with Gasteiger partial charge in [-0.15, -0.1) is 0 Å². The van der Waals surface area contributed by atoms with Crippen LogP contribution in [0.1, 0.15) is 0 Å². The zero-order valence-electron chi connectivity index (χ0n) is 29.9. The van der Waals surface area contributed by atoms with Crippen molar-refractivity contribution in [3.63, 3.8) is 0 Å². The van der Waals surface area contributed by atoms with Gasteiger partial charge in [0.15, 0.2) is 17.5 Å². The topological polar surface area (TPSA) is 65.0 Å². The maximum absolute atomic E-state index is 6.91. The van der Waals surface area contributed by atoms with Crippen LogP contribution >= 0.6 is 0 Å². The molecule has 0 unspecified atom stereocenters. The van der Waals surface area contributed by atoms with Crippen molar-refractivity contribution >= 4 is 76.2 Å². The number of benzene rings is 9. The highest BCUT2D eigenvalue weighted by Crippen LogP contribution is 2.44. The summed E-state index contributed by atoms with van der Waals surface area (Å²) in [7, 11) is 0. The first-order valence-electron chi connectivity index (χ1n) is 18.8. The van der Waals surface area contributed by atoms with Gasteiger partial charge in [-0.2, -0.15) is 0 Å². The molecule has 0 saturated heterocycles. The van der Waals surface area contributed by atoms with Gasteiger partial charge in [-0.05, 0) is 86.4 Å². The maximum atomic E-state index is 6.91. The Morgan fingerprint density at radius 3 is 1.61 bits per heavy atom. The SMILES string of the molecule is c1ccc2cc(-c3nc(-c4cccc5oc6ccccc6c45)nc(-c4ccc(-c5ccc6ccccc6c5)c5oc6cc7ccccc7cc6c45)n3)ccc2c1. The second-order valence-electron chi connectivity index (χ2n) is 14.4. The molecule has 0 aliphatic carbocycles. The van der Waals surface area contributed by atoms with Crippen molar-refractivity contribution in [1.82, 2.24) is 15.0 Å². The van der Waals surface area contributed by atoms with Gasteiger partial charge >= 0.3 is 0 Å². The summed E-state index contributed by atoms with van der Waals surface area (Å²) >= 11 is 0. The van der Waals surface area contributed by atoms with Crippen LogP contribution in [0.3, 0.4) is 0 Å². The highest BCUT2D eigenvalue weighted by Gasteiger charge is 2.23. The predicted octanol–water partition coefficient (Wildman–Crippen LogP) is 13.8. The van der Waals surface area contributed by atoms with Crippen LogP contribution in [0.2, 0.25) is 0 Å². The third kappa shape index (κ3) is 4.78. The largest absolute Gasteiger partial charge is 0.456 e. The number of furan rings is 2. The van der Waals surface area contributed by atoms with E-state index < -0.39 is 0 Å². The van der Waals surface area contributed by atoms with Crippen molar-refractivity contribution in [2.75, 3.05) is 0 Å². The zero-order valence-corrected chi connectivity index (χ0v) is 29.9. The van der Waals surface area contributed by atoms with Gasteiger partial charge in [0.2, 0.25) is 0 Å². The van der Waals surface area contributed by atoms with E-state index in [1.54, 1.807) is 0 Å². The molecule has 260 valence electrons. The van der Waals surface area contributed by atoms with E-state index >= 15 is 0 Å². The Labute approximate surface area is 320 Å². The molecule has 3 aromatic heterocycles. The average Bonchev–Trinajstić information content (AvgIpc) is 3.83. The molecule has 0 fully saturated rings. The molecule has 3 heterocycles. The van der Waals surface area contributed by atoms with Gasteiger partial charge in [-0.3, -0.25) is 0 Å². The Balaban J connectivity index is 1.17. The number of aromatic nitrogens is 3. The van der Waals surface area contributed by atoms with E-state index in [-0.39, 0.29) is 0 Å². The summed E-state index contributed by atoms with van der Waals surface area (Å²) in [6, 6.07) is 61.1. The van der Waals surface area contributed by atoms with Crippen LogP contribution in [-0.2, 0) is 0 Å². The van der Waals surface area contributed by atoms with Crippen LogP contribution in [-0.4, -0.2) is 15.0 Å². The summed E-state index contributed by atoms with van der Waals surface area (Å²) in [5.74, 6) is 1.72. The van der Waals surface area contributed by atoms with E-state index in [0.29, 0.717) is 17.5 Å². The summed E-state index contributed by atoms with van der Waals surface area (Å²) in [5.41, 5.74) is 7.95. The third-order valence-corrected chi connectivity index (χ3v) is 11.1. The van der Waals surface area contributed by atoms with Crippen LogP contribution in [0.5, 0.6) is 0 Å². The Kier molecular flexibility index (Phi) is 6.56. The molecule has 12 rings (SSSR count). The van der Waals surface area contributed by atoms with E-state index in [9.17, 15) is 0 Å². The van der Waals surface area contributed by atoms with Crippen molar-refractivity contribution in [2.24, 2.45) is 0 Å². The lowest BCUT2D eigenvalue weighted by Crippen LogP contribution is -2.01. The zero-order chi connectivity index (χ0) is 36.7. The number of hydrogen-bond donors (Lipinski definition) is 0. The van der Waals surface area contributed by atoms with Crippen LogP contribution in [0.15, 0.2) is 185 Å². The predicted molar refractivity (Wildman–Crippen MR) is 229 cm³/mol. The molecule has 0 atom stereocenters. The molecule has 0 radical (unpaired) electrons. The molecule has 0 N–H and O–H groups in total. The first kappa shape index (κ1) is 30.8. The van der Waals surface area contributed by atoms with Gasteiger partial charge in [0.1, 0.15) is 22.3 Å². The second-order valence-corrected chi connectivity index (χ2v) is 14.4. The van der Waals surface area contributed by atoms with E-state index in [2.05, 4.69) is 146 Å². The summed E-state index contributed by atoms with van der Waals surface area (Å²) < 4.78 is 13.2. The summed E-state index contributed by atoms with van der Waals surface area (Å²) in [5, 5.41) is 10.9. The maximum Gasteiger partial charge on any atom is 0.164 e. The van der Waals surface area contributed by atoms with Gasteiger partial charge in [-0.25, -0.2) is 15.0 Å². The highest BCUT2D eigenvalue weighted by molar-refractivity contribution is 6.19. The lowest BCUT2D eigenvalue weighted by Gasteiger charge is -2.12. The van der Waals surface area contributed by atoms with E-state index in [1.165, 1.54) is 10.8 Å². The van der Waals surface area contributed by atoms with Crippen LogP contribution in [0.4, 0.5) is 0 Å². The second kappa shape index (κ2) is 11.9. The standard InChI is InChI=1S/C51H29N3O2/c1-3-12-32-26-36(22-20-30(32)10-1)38-24-25-41(47-42-28-34-14-5-6-15-35(34)29-45(42)56-48(38)47)51-53-49(37-23-21-31-11-2-4-13-33(31)27-37)52-50(54-51)40-17-9-19-44-46(40)39-16-7-8-18-43(39)55-44/h1-29H. The molecule has 0 spiro atoms. The molecule has 56 heavy (non-hydrogen) atoms. The lowest BCUT2D eigenvalue weighted by atomic mass is 9.95. The summed E-state index contributed by atoms with van der Waals surface area (Å²) in [6.45, 7) is 0. The number of para-hydroxylation sites is 1. The smallest absolute Gasteiger partial charge is 0.164 e. The molecule has 0 amide bonds. The monoisotopic (exact) mass is 715 g/mol. The molecule has 12 aromatic rings. The van der Waals surface area contributed by atoms with E-state index in [4.69, 9.17) is 23.8 Å². The van der Waals surface area contributed by atoms with Gasteiger partial charge in [0.25, 0.3) is 0 Å². The number of nitrogens with zero attached hydrogens (tertiary/aromatic N) is 3. The number of rotatable bonds is 4. The molecule has 0 saturated carbocycles. The Hall–Kier alpha value is -7.63. The Morgan fingerprint density at radius 2 is 0.857 bits per heavy atom. The minimum Gasteiger partial charge on any atom is -0.456 e. The van der Waals surface area contributed by atoms with Crippen molar-refractivity contribution < 1.29 is 8.83 Å². The molecule has 0 bridgehead atoms. The molecule has 0 aliphatic heterocycles. The molecule has 5 heteroatoms.